The topological polar surface area (TPSA) is 67.1 Å². The Bertz CT molecular complexity index is 706. The number of aromatic nitrogens is 2. The third-order valence-corrected chi connectivity index (χ3v) is 4.53. The smallest absolute Gasteiger partial charge is 0.374 e. The van der Waals surface area contributed by atoms with Gasteiger partial charge in [0, 0.05) is 36.6 Å². The molecule has 0 saturated carbocycles. The van der Waals surface area contributed by atoms with Crippen LogP contribution in [-0.4, -0.2) is 39.0 Å². The molecule has 0 saturated heterocycles. The van der Waals surface area contributed by atoms with Gasteiger partial charge in [-0.2, -0.15) is 13.2 Å². The van der Waals surface area contributed by atoms with E-state index in [-0.39, 0.29) is 6.54 Å². The first-order chi connectivity index (χ1) is 11.7. The van der Waals surface area contributed by atoms with E-state index in [9.17, 15) is 23.1 Å². The summed E-state index contributed by atoms with van der Waals surface area (Å²) in [6.45, 7) is 0.187. The number of halogens is 3. The highest BCUT2D eigenvalue weighted by Crippen LogP contribution is 2.40. The highest BCUT2D eigenvalue weighted by atomic mass is 32.2. The SMILES string of the molecule is Cn1ccnc1C(O)(CC(=O)NCCSc1ccccc1)C(F)(F)F. The number of imidazole rings is 1. The number of rotatable bonds is 7. The summed E-state index contributed by atoms with van der Waals surface area (Å²) in [6.07, 6.45) is -3.75. The van der Waals surface area contributed by atoms with E-state index < -0.39 is 29.9 Å². The second-order valence-electron chi connectivity index (χ2n) is 5.41. The fourth-order valence-corrected chi connectivity index (χ4v) is 3.03. The summed E-state index contributed by atoms with van der Waals surface area (Å²) in [4.78, 5) is 16.5. The lowest BCUT2D eigenvalue weighted by Gasteiger charge is -2.29. The van der Waals surface area contributed by atoms with Gasteiger partial charge >= 0.3 is 6.18 Å². The van der Waals surface area contributed by atoms with Crippen LogP contribution in [-0.2, 0) is 17.4 Å². The van der Waals surface area contributed by atoms with E-state index in [0.29, 0.717) is 5.75 Å². The molecule has 2 aromatic rings. The van der Waals surface area contributed by atoms with Crippen LogP contribution in [0.2, 0.25) is 0 Å². The van der Waals surface area contributed by atoms with Crippen molar-refractivity contribution in [3.8, 4) is 0 Å². The standard InChI is InChI=1S/C16H18F3N3O2S/c1-22-9-7-21-14(22)15(24,16(17,18)19)11-13(23)20-8-10-25-12-5-3-2-4-6-12/h2-7,9,24H,8,10-11H2,1H3,(H,20,23). The van der Waals surface area contributed by atoms with E-state index in [1.807, 2.05) is 30.3 Å². The van der Waals surface area contributed by atoms with Crippen molar-refractivity contribution >= 4 is 17.7 Å². The molecule has 1 unspecified atom stereocenters. The third kappa shape index (κ3) is 4.76. The molecule has 0 aliphatic carbocycles. The minimum atomic E-state index is -5.03. The van der Waals surface area contributed by atoms with Crippen molar-refractivity contribution in [2.75, 3.05) is 12.3 Å². The highest BCUT2D eigenvalue weighted by molar-refractivity contribution is 7.99. The molecular formula is C16H18F3N3O2S. The third-order valence-electron chi connectivity index (χ3n) is 3.51. The lowest BCUT2D eigenvalue weighted by molar-refractivity contribution is -0.271. The molecule has 1 heterocycles. The van der Waals surface area contributed by atoms with Crippen LogP contribution >= 0.6 is 11.8 Å². The van der Waals surface area contributed by atoms with E-state index >= 15 is 0 Å². The Kier molecular flexibility index (Phi) is 6.12. The lowest BCUT2D eigenvalue weighted by atomic mass is 9.97. The molecule has 2 N–H and O–H groups in total. The summed E-state index contributed by atoms with van der Waals surface area (Å²) in [6, 6.07) is 9.42. The summed E-state index contributed by atoms with van der Waals surface area (Å²) in [5, 5.41) is 12.5. The number of amides is 1. The minimum Gasteiger partial charge on any atom is -0.374 e. The molecule has 25 heavy (non-hydrogen) atoms. The number of aliphatic hydroxyl groups is 1. The fourth-order valence-electron chi connectivity index (χ4n) is 2.24. The minimum absolute atomic E-state index is 0.187. The van der Waals surface area contributed by atoms with Crippen molar-refractivity contribution in [1.82, 2.24) is 14.9 Å². The van der Waals surface area contributed by atoms with Crippen molar-refractivity contribution in [2.24, 2.45) is 7.05 Å². The summed E-state index contributed by atoms with van der Waals surface area (Å²) in [5.41, 5.74) is -3.33. The molecule has 136 valence electrons. The van der Waals surface area contributed by atoms with Crippen molar-refractivity contribution in [2.45, 2.75) is 23.1 Å². The number of carbonyl (C=O) groups excluding carboxylic acids is 1. The molecule has 0 spiro atoms. The first-order valence-corrected chi connectivity index (χ1v) is 8.44. The predicted molar refractivity (Wildman–Crippen MR) is 88.0 cm³/mol. The second kappa shape index (κ2) is 7.92. The quantitative estimate of drug-likeness (QED) is 0.578. The van der Waals surface area contributed by atoms with Crippen molar-refractivity contribution < 1.29 is 23.1 Å². The molecule has 0 radical (unpaired) electrons. The summed E-state index contributed by atoms with van der Waals surface area (Å²) < 4.78 is 41.0. The van der Waals surface area contributed by atoms with E-state index in [1.54, 1.807) is 0 Å². The van der Waals surface area contributed by atoms with Crippen molar-refractivity contribution in [1.29, 1.82) is 0 Å². The van der Waals surface area contributed by atoms with Crippen LogP contribution in [0.4, 0.5) is 13.2 Å². The van der Waals surface area contributed by atoms with Crippen LogP contribution < -0.4 is 5.32 Å². The Hall–Kier alpha value is -2.00. The van der Waals surface area contributed by atoms with Crippen molar-refractivity contribution in [3.05, 3.63) is 48.5 Å². The van der Waals surface area contributed by atoms with Crippen LogP contribution in [0.25, 0.3) is 0 Å². The molecule has 0 bridgehead atoms. The number of carbonyl (C=O) groups is 1. The number of benzene rings is 1. The molecule has 0 fully saturated rings. The van der Waals surface area contributed by atoms with Gasteiger partial charge < -0.3 is 15.0 Å². The number of hydrogen-bond donors (Lipinski definition) is 2. The van der Waals surface area contributed by atoms with Gasteiger partial charge in [0.1, 0.15) is 0 Å². The van der Waals surface area contributed by atoms with Gasteiger partial charge in [0.25, 0.3) is 0 Å². The number of alkyl halides is 3. The number of thioether (sulfide) groups is 1. The van der Waals surface area contributed by atoms with Crippen LogP contribution in [0, 0.1) is 0 Å². The number of nitrogens with one attached hydrogen (secondary N) is 1. The van der Waals surface area contributed by atoms with Crippen LogP contribution in [0.15, 0.2) is 47.6 Å². The Morgan fingerprint density at radius 2 is 2.00 bits per heavy atom. The van der Waals surface area contributed by atoms with E-state index in [4.69, 9.17) is 0 Å². The summed E-state index contributed by atoms with van der Waals surface area (Å²) in [5.74, 6) is -1.01. The van der Waals surface area contributed by atoms with Gasteiger partial charge in [-0.25, -0.2) is 4.98 Å². The van der Waals surface area contributed by atoms with Crippen molar-refractivity contribution in [3.63, 3.8) is 0 Å². The van der Waals surface area contributed by atoms with Gasteiger partial charge in [-0.05, 0) is 12.1 Å². The summed E-state index contributed by atoms with van der Waals surface area (Å²) >= 11 is 1.47. The molecule has 1 aromatic carbocycles. The molecule has 1 amide bonds. The van der Waals surface area contributed by atoms with E-state index in [1.165, 1.54) is 25.0 Å². The molecule has 5 nitrogen and oxygen atoms in total. The summed E-state index contributed by atoms with van der Waals surface area (Å²) in [7, 11) is 1.33. The zero-order valence-corrected chi connectivity index (χ0v) is 14.3. The molecule has 1 atom stereocenters. The highest BCUT2D eigenvalue weighted by Gasteiger charge is 2.58. The van der Waals surface area contributed by atoms with Gasteiger partial charge in [0.05, 0.1) is 6.42 Å². The molecule has 0 aliphatic rings. The van der Waals surface area contributed by atoms with Gasteiger partial charge in [0.2, 0.25) is 11.5 Å². The normalized spacial score (nSPS) is 14.1. The Labute approximate surface area is 147 Å². The van der Waals surface area contributed by atoms with Crippen LogP contribution in [0.3, 0.4) is 0 Å². The maximum atomic E-state index is 13.3. The van der Waals surface area contributed by atoms with Gasteiger partial charge in [-0.15, -0.1) is 11.8 Å². The van der Waals surface area contributed by atoms with Gasteiger partial charge in [0.15, 0.2) is 5.82 Å². The van der Waals surface area contributed by atoms with E-state index in [0.717, 1.165) is 15.7 Å². The van der Waals surface area contributed by atoms with E-state index in [2.05, 4.69) is 10.3 Å². The van der Waals surface area contributed by atoms with Gasteiger partial charge in [-0.1, -0.05) is 18.2 Å². The maximum absolute atomic E-state index is 13.3. The number of hydrogen-bond acceptors (Lipinski definition) is 4. The lowest BCUT2D eigenvalue weighted by Crippen LogP contribution is -2.48. The number of aryl methyl sites for hydroxylation is 1. The first-order valence-electron chi connectivity index (χ1n) is 7.45. The zero-order valence-electron chi connectivity index (χ0n) is 13.5. The molecule has 9 heteroatoms. The van der Waals surface area contributed by atoms with Gasteiger partial charge in [-0.3, -0.25) is 4.79 Å². The predicted octanol–water partition coefficient (Wildman–Crippen LogP) is 2.47. The fraction of sp³-hybridized carbons (Fsp3) is 0.375. The molecule has 1 aromatic heterocycles. The van der Waals surface area contributed by atoms with Crippen LogP contribution in [0.1, 0.15) is 12.2 Å². The number of nitrogens with zero attached hydrogens (tertiary/aromatic N) is 2. The first kappa shape index (κ1) is 19.3. The Balaban J connectivity index is 1.93. The molecule has 2 rings (SSSR count). The van der Waals surface area contributed by atoms with Crippen LogP contribution in [0.5, 0.6) is 0 Å². The largest absolute Gasteiger partial charge is 0.425 e. The monoisotopic (exact) mass is 373 g/mol. The zero-order chi connectivity index (χ0) is 18.5. The maximum Gasteiger partial charge on any atom is 0.425 e. The second-order valence-corrected chi connectivity index (χ2v) is 6.58. The Morgan fingerprint density at radius 1 is 1.32 bits per heavy atom. The Morgan fingerprint density at radius 3 is 2.56 bits per heavy atom. The molecular weight excluding hydrogens is 355 g/mol. The molecule has 0 aliphatic heterocycles. The average Bonchev–Trinajstić information content (AvgIpc) is 2.98. The average molecular weight is 373 g/mol.